The molecule has 5 nitrogen and oxygen atoms in total. The van der Waals surface area contributed by atoms with Gasteiger partial charge in [-0.1, -0.05) is 30.3 Å². The Hall–Kier alpha value is -1.60. The molecule has 0 radical (unpaired) electrons. The lowest BCUT2D eigenvalue weighted by atomic mass is 10.0. The molecule has 2 aromatic carbocycles. The second-order valence-corrected chi connectivity index (χ2v) is 6.85. The molecule has 26 heavy (non-hydrogen) atoms. The van der Waals surface area contributed by atoms with E-state index in [4.69, 9.17) is 18.9 Å². The van der Waals surface area contributed by atoms with Crippen LogP contribution in [0.3, 0.4) is 0 Å². The molecule has 0 saturated carbocycles. The maximum Gasteiger partial charge on any atom is 0.187 e. The van der Waals surface area contributed by atoms with Crippen molar-refractivity contribution in [1.82, 2.24) is 0 Å². The maximum absolute atomic E-state index is 9.98. The van der Waals surface area contributed by atoms with Gasteiger partial charge in [-0.05, 0) is 34.8 Å². The predicted octanol–water partition coefficient (Wildman–Crippen LogP) is 4.27. The van der Waals surface area contributed by atoms with Crippen LogP contribution in [-0.2, 0) is 22.7 Å². The van der Waals surface area contributed by atoms with Gasteiger partial charge in [-0.25, -0.2) is 0 Å². The molecule has 0 bridgehead atoms. The topological polar surface area (TPSA) is 57.2 Å². The van der Waals surface area contributed by atoms with E-state index in [1.807, 2.05) is 37.3 Å². The molecule has 0 aromatic heterocycles. The monoisotopic (exact) mass is 422 g/mol. The number of aliphatic hydroxyl groups excluding tert-OH is 1. The Morgan fingerprint density at radius 3 is 2.46 bits per heavy atom. The van der Waals surface area contributed by atoms with E-state index in [9.17, 15) is 5.11 Å². The van der Waals surface area contributed by atoms with Gasteiger partial charge in [0.15, 0.2) is 6.29 Å². The van der Waals surface area contributed by atoms with E-state index in [1.54, 1.807) is 7.11 Å². The Kier molecular flexibility index (Phi) is 6.53. The Morgan fingerprint density at radius 2 is 1.85 bits per heavy atom. The van der Waals surface area contributed by atoms with Crippen LogP contribution in [-0.4, -0.2) is 25.4 Å². The van der Waals surface area contributed by atoms with Crippen LogP contribution in [0.5, 0.6) is 11.5 Å². The fraction of sp³-hybridized carbons (Fsp3) is 0.400. The number of hydrogen-bond acceptors (Lipinski definition) is 5. The molecule has 0 atom stereocenters. The van der Waals surface area contributed by atoms with Crippen molar-refractivity contribution >= 4 is 15.9 Å². The molecule has 2 aromatic rings. The number of hydrogen-bond donors (Lipinski definition) is 1. The van der Waals surface area contributed by atoms with Gasteiger partial charge in [0.05, 0.1) is 37.0 Å². The van der Waals surface area contributed by atoms with Crippen molar-refractivity contribution in [3.05, 3.63) is 57.1 Å². The zero-order valence-corrected chi connectivity index (χ0v) is 16.5. The van der Waals surface area contributed by atoms with Crippen LogP contribution < -0.4 is 9.47 Å². The second-order valence-electron chi connectivity index (χ2n) is 6.05. The number of aliphatic hydroxyl groups is 1. The SMILES string of the molecule is COc1c(C)c(C2OCCCO2)c(OCc2ccccc2)c(CO)c1Br. The molecule has 1 aliphatic heterocycles. The standard InChI is InChI=1S/C20H23BrO5/c1-13-16(20-24-9-6-10-25-20)19(15(11-22)17(21)18(13)23-2)26-12-14-7-4-3-5-8-14/h3-5,7-8,20,22H,6,9-12H2,1-2H3. The average molecular weight is 423 g/mol. The first-order valence-corrected chi connectivity index (χ1v) is 9.36. The summed E-state index contributed by atoms with van der Waals surface area (Å²) in [5, 5.41) is 9.98. The maximum atomic E-state index is 9.98. The van der Waals surface area contributed by atoms with Crippen LogP contribution in [0.15, 0.2) is 34.8 Å². The van der Waals surface area contributed by atoms with Crippen molar-refractivity contribution in [3.8, 4) is 11.5 Å². The van der Waals surface area contributed by atoms with Crippen LogP contribution in [0, 0.1) is 6.92 Å². The van der Waals surface area contributed by atoms with Crippen molar-refractivity contribution < 1.29 is 24.1 Å². The Bertz CT molecular complexity index is 742. The van der Waals surface area contributed by atoms with Crippen molar-refractivity contribution in [2.45, 2.75) is 32.8 Å². The van der Waals surface area contributed by atoms with E-state index in [2.05, 4.69) is 15.9 Å². The molecule has 0 aliphatic carbocycles. The predicted molar refractivity (Wildman–Crippen MR) is 101 cm³/mol. The molecular weight excluding hydrogens is 400 g/mol. The first-order valence-electron chi connectivity index (χ1n) is 8.57. The number of benzene rings is 2. The molecule has 1 fully saturated rings. The summed E-state index contributed by atoms with van der Waals surface area (Å²) in [6.07, 6.45) is 0.317. The number of halogens is 1. The quantitative estimate of drug-likeness (QED) is 0.752. The smallest absolute Gasteiger partial charge is 0.187 e. The zero-order chi connectivity index (χ0) is 18.5. The van der Waals surface area contributed by atoms with Gasteiger partial charge < -0.3 is 24.1 Å². The normalized spacial score (nSPS) is 15.1. The highest BCUT2D eigenvalue weighted by Crippen LogP contribution is 2.46. The highest BCUT2D eigenvalue weighted by atomic mass is 79.9. The minimum absolute atomic E-state index is 0.193. The molecule has 1 heterocycles. The highest BCUT2D eigenvalue weighted by Gasteiger charge is 2.29. The summed E-state index contributed by atoms with van der Waals surface area (Å²) >= 11 is 3.54. The molecule has 6 heteroatoms. The lowest BCUT2D eigenvalue weighted by Crippen LogP contribution is -2.20. The first kappa shape index (κ1) is 19.2. The van der Waals surface area contributed by atoms with Crippen molar-refractivity contribution in [2.24, 2.45) is 0 Å². The van der Waals surface area contributed by atoms with E-state index < -0.39 is 6.29 Å². The number of methoxy groups -OCH3 is 1. The summed E-state index contributed by atoms with van der Waals surface area (Å²) in [5.41, 5.74) is 3.30. The van der Waals surface area contributed by atoms with Gasteiger partial charge in [0.2, 0.25) is 0 Å². The molecule has 3 rings (SSSR count). The molecule has 0 spiro atoms. The molecule has 0 unspecified atom stereocenters. The minimum Gasteiger partial charge on any atom is -0.495 e. The third-order valence-electron chi connectivity index (χ3n) is 4.38. The summed E-state index contributed by atoms with van der Waals surface area (Å²) in [7, 11) is 1.60. The van der Waals surface area contributed by atoms with E-state index in [0.29, 0.717) is 41.4 Å². The molecular formula is C20H23BrO5. The molecule has 1 saturated heterocycles. The zero-order valence-electron chi connectivity index (χ0n) is 15.0. The lowest BCUT2D eigenvalue weighted by molar-refractivity contribution is -0.184. The van der Waals surface area contributed by atoms with E-state index >= 15 is 0 Å². The van der Waals surface area contributed by atoms with E-state index in [0.717, 1.165) is 23.1 Å². The molecule has 1 aliphatic rings. The van der Waals surface area contributed by atoms with Gasteiger partial charge in [-0.15, -0.1) is 0 Å². The molecule has 0 amide bonds. The summed E-state index contributed by atoms with van der Waals surface area (Å²) in [6.45, 7) is 3.37. The van der Waals surface area contributed by atoms with Crippen LogP contribution >= 0.6 is 15.9 Å². The minimum atomic E-state index is -0.540. The fourth-order valence-electron chi connectivity index (χ4n) is 3.07. The van der Waals surface area contributed by atoms with Crippen LogP contribution in [0.25, 0.3) is 0 Å². The Morgan fingerprint density at radius 1 is 1.15 bits per heavy atom. The average Bonchev–Trinajstić information content (AvgIpc) is 2.68. The Labute approximate surface area is 162 Å². The fourth-order valence-corrected chi connectivity index (χ4v) is 3.84. The summed E-state index contributed by atoms with van der Waals surface area (Å²) in [6, 6.07) is 9.89. The van der Waals surface area contributed by atoms with Gasteiger partial charge in [0.25, 0.3) is 0 Å². The third-order valence-corrected chi connectivity index (χ3v) is 5.22. The Balaban J connectivity index is 2.06. The first-order chi connectivity index (χ1) is 12.7. The summed E-state index contributed by atoms with van der Waals surface area (Å²) < 4.78 is 24.0. The summed E-state index contributed by atoms with van der Waals surface area (Å²) in [5.74, 6) is 1.22. The van der Waals surface area contributed by atoms with Gasteiger partial charge in [0.1, 0.15) is 18.1 Å². The van der Waals surface area contributed by atoms with Crippen molar-refractivity contribution in [1.29, 1.82) is 0 Å². The van der Waals surface area contributed by atoms with Gasteiger partial charge in [0, 0.05) is 11.1 Å². The van der Waals surface area contributed by atoms with Gasteiger partial charge >= 0.3 is 0 Å². The third kappa shape index (κ3) is 3.88. The van der Waals surface area contributed by atoms with Gasteiger partial charge in [-0.3, -0.25) is 0 Å². The second kappa shape index (κ2) is 8.86. The van der Waals surface area contributed by atoms with Crippen molar-refractivity contribution in [2.75, 3.05) is 20.3 Å². The lowest BCUT2D eigenvalue weighted by Gasteiger charge is -2.29. The van der Waals surface area contributed by atoms with Crippen molar-refractivity contribution in [3.63, 3.8) is 0 Å². The number of rotatable bonds is 6. The molecule has 140 valence electrons. The van der Waals surface area contributed by atoms with Crippen LogP contribution in [0.2, 0.25) is 0 Å². The van der Waals surface area contributed by atoms with E-state index in [-0.39, 0.29) is 6.61 Å². The molecule has 1 N–H and O–H groups in total. The number of ether oxygens (including phenoxy) is 4. The van der Waals surface area contributed by atoms with E-state index in [1.165, 1.54) is 0 Å². The van der Waals surface area contributed by atoms with Crippen LogP contribution in [0.1, 0.15) is 35.0 Å². The van der Waals surface area contributed by atoms with Gasteiger partial charge in [-0.2, -0.15) is 0 Å². The van der Waals surface area contributed by atoms with Crippen LogP contribution in [0.4, 0.5) is 0 Å². The summed E-state index contributed by atoms with van der Waals surface area (Å²) in [4.78, 5) is 0. The highest BCUT2D eigenvalue weighted by molar-refractivity contribution is 9.10. The largest absolute Gasteiger partial charge is 0.495 e.